The van der Waals surface area contributed by atoms with Gasteiger partial charge in [-0.15, -0.1) is 0 Å². The number of aromatic nitrogens is 1. The zero-order chi connectivity index (χ0) is 15.8. The van der Waals surface area contributed by atoms with E-state index in [0.29, 0.717) is 6.54 Å². The molecule has 0 atom stereocenters. The third kappa shape index (κ3) is 2.38. The van der Waals surface area contributed by atoms with Crippen LogP contribution in [0, 0.1) is 6.92 Å². The topological polar surface area (TPSA) is 33.2 Å². The van der Waals surface area contributed by atoms with E-state index < -0.39 is 0 Å². The van der Waals surface area contributed by atoms with E-state index in [1.807, 2.05) is 48.4 Å². The number of hydrogen-bond donors (Lipinski definition) is 0. The third-order valence-corrected chi connectivity index (χ3v) is 4.62. The van der Waals surface area contributed by atoms with Gasteiger partial charge in [0.2, 0.25) is 0 Å². The lowest BCUT2D eigenvalue weighted by Crippen LogP contribution is -2.36. The Morgan fingerprint density at radius 2 is 1.78 bits per heavy atom. The lowest BCUT2D eigenvalue weighted by molar-refractivity contribution is 0.0735. The fourth-order valence-corrected chi connectivity index (χ4v) is 3.36. The highest BCUT2D eigenvalue weighted by atomic mass is 16.2. The Morgan fingerprint density at radius 3 is 2.65 bits per heavy atom. The number of pyridine rings is 1. The Kier molecular flexibility index (Phi) is 3.34. The number of amides is 1. The maximum Gasteiger partial charge on any atom is 0.256 e. The molecule has 0 N–H and O–H groups in total. The van der Waals surface area contributed by atoms with Crippen LogP contribution in [0.25, 0.3) is 10.8 Å². The first-order chi connectivity index (χ1) is 11.2. The number of carbonyl (C=O) groups excluding carboxylic acids is 1. The molecule has 3 nitrogen and oxygen atoms in total. The summed E-state index contributed by atoms with van der Waals surface area (Å²) in [6.07, 6.45) is 2.76. The fourth-order valence-electron chi connectivity index (χ4n) is 3.36. The van der Waals surface area contributed by atoms with Gasteiger partial charge in [-0.2, -0.15) is 0 Å². The molecule has 114 valence electrons. The van der Waals surface area contributed by atoms with E-state index in [1.165, 1.54) is 11.1 Å². The SMILES string of the molecule is Cc1ncc2ccccc2c1C(=O)N1CCc2ccccc2C1. The summed E-state index contributed by atoms with van der Waals surface area (Å²) in [4.78, 5) is 19.5. The predicted molar refractivity (Wildman–Crippen MR) is 91.4 cm³/mol. The zero-order valence-electron chi connectivity index (χ0n) is 13.1. The average molecular weight is 302 g/mol. The van der Waals surface area contributed by atoms with Crippen molar-refractivity contribution in [2.24, 2.45) is 0 Å². The minimum absolute atomic E-state index is 0.0845. The van der Waals surface area contributed by atoms with Crippen LogP contribution in [0.5, 0.6) is 0 Å². The minimum Gasteiger partial charge on any atom is -0.334 e. The van der Waals surface area contributed by atoms with Gasteiger partial charge in [0.15, 0.2) is 0 Å². The first-order valence-electron chi connectivity index (χ1n) is 7.94. The van der Waals surface area contributed by atoms with Crippen LogP contribution in [-0.2, 0) is 13.0 Å². The number of hydrogen-bond acceptors (Lipinski definition) is 2. The van der Waals surface area contributed by atoms with E-state index in [2.05, 4.69) is 23.2 Å². The highest BCUT2D eigenvalue weighted by Gasteiger charge is 2.24. The van der Waals surface area contributed by atoms with Gasteiger partial charge in [-0.05, 0) is 29.9 Å². The van der Waals surface area contributed by atoms with Crippen LogP contribution in [-0.4, -0.2) is 22.3 Å². The van der Waals surface area contributed by atoms with Gasteiger partial charge in [0.25, 0.3) is 5.91 Å². The van der Waals surface area contributed by atoms with Crippen LogP contribution < -0.4 is 0 Å². The number of fused-ring (bicyclic) bond motifs is 2. The maximum absolute atomic E-state index is 13.1. The first-order valence-corrected chi connectivity index (χ1v) is 7.94. The van der Waals surface area contributed by atoms with Crippen LogP contribution in [0.15, 0.2) is 54.7 Å². The number of benzene rings is 2. The third-order valence-electron chi connectivity index (χ3n) is 4.62. The molecule has 0 fully saturated rings. The molecule has 0 radical (unpaired) electrons. The quantitative estimate of drug-likeness (QED) is 0.686. The Hall–Kier alpha value is -2.68. The van der Waals surface area contributed by atoms with Crippen molar-refractivity contribution >= 4 is 16.7 Å². The highest BCUT2D eigenvalue weighted by Crippen LogP contribution is 2.25. The van der Waals surface area contributed by atoms with Crippen molar-refractivity contribution < 1.29 is 4.79 Å². The van der Waals surface area contributed by atoms with Gasteiger partial charge >= 0.3 is 0 Å². The zero-order valence-corrected chi connectivity index (χ0v) is 13.1. The average Bonchev–Trinajstić information content (AvgIpc) is 2.60. The smallest absolute Gasteiger partial charge is 0.256 e. The molecule has 0 saturated carbocycles. The normalized spacial score (nSPS) is 13.9. The van der Waals surface area contributed by atoms with Crippen LogP contribution in [0.1, 0.15) is 27.2 Å². The van der Waals surface area contributed by atoms with Crippen LogP contribution >= 0.6 is 0 Å². The predicted octanol–water partition coefficient (Wildman–Crippen LogP) is 3.74. The summed E-state index contributed by atoms with van der Waals surface area (Å²) in [5.41, 5.74) is 4.14. The van der Waals surface area contributed by atoms with Crippen LogP contribution in [0.3, 0.4) is 0 Å². The van der Waals surface area contributed by atoms with Gasteiger partial charge in [0, 0.05) is 24.7 Å². The van der Waals surface area contributed by atoms with Crippen molar-refractivity contribution in [3.05, 3.63) is 77.1 Å². The fraction of sp³-hybridized carbons (Fsp3) is 0.200. The minimum atomic E-state index is 0.0845. The molecule has 0 saturated heterocycles. The second kappa shape index (κ2) is 5.51. The Bertz CT molecular complexity index is 901. The first kappa shape index (κ1) is 13.9. The van der Waals surface area contributed by atoms with Crippen molar-refractivity contribution in [2.75, 3.05) is 6.54 Å². The lowest BCUT2D eigenvalue weighted by Gasteiger charge is -2.29. The van der Waals surface area contributed by atoms with Crippen molar-refractivity contribution in [1.29, 1.82) is 0 Å². The molecule has 1 aliphatic rings. The van der Waals surface area contributed by atoms with E-state index in [-0.39, 0.29) is 5.91 Å². The molecular weight excluding hydrogens is 284 g/mol. The summed E-state index contributed by atoms with van der Waals surface area (Å²) in [5.74, 6) is 0.0845. The second-order valence-corrected chi connectivity index (χ2v) is 6.05. The molecule has 23 heavy (non-hydrogen) atoms. The van der Waals surface area contributed by atoms with E-state index in [1.54, 1.807) is 0 Å². The summed E-state index contributed by atoms with van der Waals surface area (Å²) in [7, 11) is 0. The number of rotatable bonds is 1. The molecule has 3 heteroatoms. The van der Waals surface area contributed by atoms with Gasteiger partial charge in [-0.1, -0.05) is 48.5 Å². The standard InChI is InChI=1S/C20H18N2O/c1-14-19(18-9-5-4-7-16(18)12-21-14)20(23)22-11-10-15-6-2-3-8-17(15)13-22/h2-9,12H,10-11,13H2,1H3. The molecule has 0 aliphatic carbocycles. The Balaban J connectivity index is 1.75. The molecule has 1 aromatic heterocycles. The van der Waals surface area contributed by atoms with Crippen molar-refractivity contribution in [3.63, 3.8) is 0 Å². The molecular formula is C20H18N2O. The van der Waals surface area contributed by atoms with Crippen molar-refractivity contribution in [3.8, 4) is 0 Å². The number of nitrogens with zero attached hydrogens (tertiary/aromatic N) is 2. The number of carbonyl (C=O) groups is 1. The van der Waals surface area contributed by atoms with Crippen LogP contribution in [0.2, 0.25) is 0 Å². The van der Waals surface area contributed by atoms with Gasteiger partial charge in [-0.25, -0.2) is 0 Å². The summed E-state index contributed by atoms with van der Waals surface area (Å²) in [6, 6.07) is 16.3. The molecule has 1 aliphatic heterocycles. The summed E-state index contributed by atoms with van der Waals surface area (Å²) in [6.45, 7) is 3.35. The molecule has 0 bridgehead atoms. The summed E-state index contributed by atoms with van der Waals surface area (Å²) >= 11 is 0. The van der Waals surface area contributed by atoms with E-state index in [9.17, 15) is 4.79 Å². The van der Waals surface area contributed by atoms with E-state index in [4.69, 9.17) is 0 Å². The maximum atomic E-state index is 13.1. The lowest BCUT2D eigenvalue weighted by atomic mass is 9.98. The second-order valence-electron chi connectivity index (χ2n) is 6.05. The van der Waals surface area contributed by atoms with Gasteiger partial charge in [0.05, 0.1) is 11.3 Å². The molecule has 2 aromatic carbocycles. The molecule has 3 aromatic rings. The molecule has 1 amide bonds. The molecule has 0 unspecified atom stereocenters. The van der Waals surface area contributed by atoms with Crippen molar-refractivity contribution in [2.45, 2.75) is 19.9 Å². The largest absolute Gasteiger partial charge is 0.334 e. The molecule has 4 rings (SSSR count). The number of aryl methyl sites for hydroxylation is 1. The van der Waals surface area contributed by atoms with E-state index in [0.717, 1.165) is 35.0 Å². The van der Waals surface area contributed by atoms with E-state index >= 15 is 0 Å². The Labute approximate surface area is 135 Å². The van der Waals surface area contributed by atoms with Crippen LogP contribution in [0.4, 0.5) is 0 Å². The van der Waals surface area contributed by atoms with Gasteiger partial charge in [-0.3, -0.25) is 9.78 Å². The summed E-state index contributed by atoms with van der Waals surface area (Å²) in [5, 5.41) is 2.00. The Morgan fingerprint density at radius 1 is 1.04 bits per heavy atom. The molecule has 0 spiro atoms. The van der Waals surface area contributed by atoms with Gasteiger partial charge < -0.3 is 4.90 Å². The summed E-state index contributed by atoms with van der Waals surface area (Å²) < 4.78 is 0. The van der Waals surface area contributed by atoms with Gasteiger partial charge in [0.1, 0.15) is 0 Å². The highest BCUT2D eigenvalue weighted by molar-refractivity contribution is 6.07. The molecule has 2 heterocycles. The monoisotopic (exact) mass is 302 g/mol. The van der Waals surface area contributed by atoms with Crippen molar-refractivity contribution in [1.82, 2.24) is 9.88 Å².